The molecule has 0 saturated heterocycles. The molecule has 8 nitrogen and oxygen atoms in total. The van der Waals surface area contributed by atoms with Crippen LogP contribution in [0.3, 0.4) is 0 Å². The summed E-state index contributed by atoms with van der Waals surface area (Å²) in [6.07, 6.45) is 0.575. The number of aliphatic imine (C=N–C) groups is 1. The highest BCUT2D eigenvalue weighted by Crippen LogP contribution is 2.17. The average molecular weight is 380 g/mol. The molecule has 1 aromatic carbocycles. The Labute approximate surface area is 153 Å². The second-order valence-corrected chi connectivity index (χ2v) is 7.84. The number of amidine groups is 1. The lowest BCUT2D eigenvalue weighted by molar-refractivity contribution is -0.113. The third-order valence-electron chi connectivity index (χ3n) is 3.56. The van der Waals surface area contributed by atoms with Crippen molar-refractivity contribution in [2.45, 2.75) is 19.9 Å². The number of nitrogens with one attached hydrogen (secondary N) is 1. The third kappa shape index (κ3) is 5.06. The molecule has 1 heterocycles. The standard InChI is InChI=1S/C17H24N4O4S/c1-12(22)16-15(18)17(20-26(16,23)24)19-8-5-9-25-14-7-4-6-13(10-14)11-21(2)3/h4,6-7,10H,5,8-9,11,18H2,1-3H3,(H,19,20). The van der Waals surface area contributed by atoms with Crippen LogP contribution in [0.1, 0.15) is 18.9 Å². The molecule has 0 atom stereocenters. The quantitative estimate of drug-likeness (QED) is 0.639. The Morgan fingerprint density at radius 2 is 2.08 bits per heavy atom. The minimum absolute atomic E-state index is 0.0168. The molecule has 0 saturated carbocycles. The van der Waals surface area contributed by atoms with Crippen molar-refractivity contribution >= 4 is 21.6 Å². The lowest BCUT2D eigenvalue weighted by Crippen LogP contribution is -2.26. The van der Waals surface area contributed by atoms with E-state index in [2.05, 4.69) is 14.6 Å². The first-order chi connectivity index (χ1) is 12.2. The number of carbonyl (C=O) groups is 1. The number of hydrogen-bond acceptors (Lipinski definition) is 7. The zero-order valence-corrected chi connectivity index (χ0v) is 16.0. The molecule has 1 aliphatic heterocycles. The van der Waals surface area contributed by atoms with Crippen molar-refractivity contribution < 1.29 is 17.9 Å². The molecule has 0 radical (unpaired) electrons. The fourth-order valence-corrected chi connectivity index (χ4v) is 3.82. The predicted octanol–water partition coefficient (Wildman–Crippen LogP) is 0.608. The van der Waals surface area contributed by atoms with Crippen LogP contribution in [0.4, 0.5) is 0 Å². The molecule has 0 unspecified atom stereocenters. The molecule has 0 spiro atoms. The molecule has 0 bridgehead atoms. The van der Waals surface area contributed by atoms with Gasteiger partial charge in [0.05, 0.1) is 12.3 Å². The Balaban J connectivity index is 1.88. The van der Waals surface area contributed by atoms with E-state index in [1.165, 1.54) is 0 Å². The van der Waals surface area contributed by atoms with E-state index in [0.29, 0.717) is 19.6 Å². The maximum atomic E-state index is 11.8. The van der Waals surface area contributed by atoms with Gasteiger partial charge >= 0.3 is 0 Å². The van der Waals surface area contributed by atoms with E-state index in [0.717, 1.165) is 24.8 Å². The van der Waals surface area contributed by atoms with Gasteiger partial charge in [-0.05, 0) is 31.8 Å². The van der Waals surface area contributed by atoms with Crippen molar-refractivity contribution in [3.8, 4) is 5.75 Å². The first kappa shape index (κ1) is 19.9. The van der Waals surface area contributed by atoms with E-state index in [1.54, 1.807) is 0 Å². The number of rotatable bonds is 8. The molecule has 1 aromatic rings. The van der Waals surface area contributed by atoms with Gasteiger partial charge in [-0.1, -0.05) is 12.1 Å². The topological polar surface area (TPSA) is 114 Å². The van der Waals surface area contributed by atoms with Crippen molar-refractivity contribution in [3.05, 3.63) is 40.4 Å². The van der Waals surface area contributed by atoms with Crippen LogP contribution in [0.25, 0.3) is 0 Å². The Morgan fingerprint density at radius 1 is 1.35 bits per heavy atom. The van der Waals surface area contributed by atoms with Crippen LogP contribution in [-0.4, -0.2) is 52.2 Å². The molecule has 0 aliphatic carbocycles. The Hall–Kier alpha value is -2.39. The van der Waals surface area contributed by atoms with Crippen molar-refractivity contribution in [2.75, 3.05) is 27.2 Å². The summed E-state index contributed by atoms with van der Waals surface area (Å²) in [5, 5.41) is 0. The van der Waals surface area contributed by atoms with Crippen molar-refractivity contribution in [2.24, 2.45) is 10.7 Å². The number of benzene rings is 1. The van der Waals surface area contributed by atoms with Gasteiger partial charge in [-0.2, -0.15) is 0 Å². The van der Waals surface area contributed by atoms with Gasteiger partial charge in [-0.25, -0.2) is 8.42 Å². The minimum atomic E-state index is -3.90. The van der Waals surface area contributed by atoms with Crippen LogP contribution < -0.4 is 15.2 Å². The number of ketones is 1. The Morgan fingerprint density at radius 3 is 2.69 bits per heavy atom. The molecular weight excluding hydrogens is 356 g/mol. The second kappa shape index (κ2) is 8.33. The van der Waals surface area contributed by atoms with E-state index >= 15 is 0 Å². The lowest BCUT2D eigenvalue weighted by atomic mass is 10.2. The van der Waals surface area contributed by atoms with Crippen molar-refractivity contribution in [1.29, 1.82) is 0 Å². The molecule has 142 valence electrons. The number of Topliss-reactive ketones (excluding diaryl/α,β-unsaturated/α-hetero) is 1. The number of carbonyl (C=O) groups excluding carboxylic acids is 1. The SMILES string of the molecule is CC(=O)C1=C(N)C(=NCCCOc2cccc(CN(C)C)c2)NS1(=O)=O. The molecule has 3 N–H and O–H groups in total. The normalized spacial score (nSPS) is 17.6. The van der Waals surface area contributed by atoms with Gasteiger partial charge in [-0.15, -0.1) is 0 Å². The third-order valence-corrected chi connectivity index (χ3v) is 5.06. The van der Waals surface area contributed by atoms with Crippen molar-refractivity contribution in [1.82, 2.24) is 9.62 Å². The smallest absolute Gasteiger partial charge is 0.268 e. The Kier molecular flexibility index (Phi) is 6.38. The fraction of sp³-hybridized carbons (Fsp3) is 0.412. The maximum Gasteiger partial charge on any atom is 0.268 e. The molecule has 26 heavy (non-hydrogen) atoms. The highest BCUT2D eigenvalue weighted by Gasteiger charge is 2.35. The highest BCUT2D eigenvalue weighted by molar-refractivity contribution is 7.95. The summed E-state index contributed by atoms with van der Waals surface area (Å²) in [4.78, 5) is 17.2. The number of ether oxygens (including phenoxy) is 1. The van der Waals surface area contributed by atoms with E-state index in [-0.39, 0.29) is 11.5 Å². The average Bonchev–Trinajstić information content (AvgIpc) is 2.75. The van der Waals surface area contributed by atoms with Crippen LogP contribution in [0, 0.1) is 0 Å². The molecule has 0 aromatic heterocycles. The van der Waals surface area contributed by atoms with Gasteiger partial charge < -0.3 is 15.4 Å². The molecule has 1 aliphatic rings. The first-order valence-corrected chi connectivity index (χ1v) is 9.64. The minimum Gasteiger partial charge on any atom is -0.494 e. The van der Waals surface area contributed by atoms with E-state index < -0.39 is 20.7 Å². The number of hydrogen-bond donors (Lipinski definition) is 2. The highest BCUT2D eigenvalue weighted by atomic mass is 32.2. The number of nitrogens with two attached hydrogens (primary N) is 1. The zero-order valence-electron chi connectivity index (χ0n) is 15.2. The monoisotopic (exact) mass is 380 g/mol. The summed E-state index contributed by atoms with van der Waals surface area (Å²) in [5.74, 6) is 0.182. The molecule has 0 amide bonds. The largest absolute Gasteiger partial charge is 0.494 e. The summed E-state index contributed by atoms with van der Waals surface area (Å²) in [5.41, 5.74) is 6.74. The molecule has 9 heteroatoms. The molecule has 0 fully saturated rings. The predicted molar refractivity (Wildman–Crippen MR) is 100 cm³/mol. The van der Waals surface area contributed by atoms with E-state index in [4.69, 9.17) is 10.5 Å². The van der Waals surface area contributed by atoms with Crippen LogP contribution in [0.2, 0.25) is 0 Å². The number of sulfonamides is 1. The molecular formula is C17H24N4O4S. The lowest BCUT2D eigenvalue weighted by Gasteiger charge is -2.11. The zero-order chi connectivity index (χ0) is 19.3. The van der Waals surface area contributed by atoms with Gasteiger partial charge in [-0.3, -0.25) is 14.5 Å². The van der Waals surface area contributed by atoms with E-state index in [9.17, 15) is 13.2 Å². The number of allylic oxidation sites excluding steroid dienone is 1. The second-order valence-electron chi connectivity index (χ2n) is 6.22. The summed E-state index contributed by atoms with van der Waals surface area (Å²) in [6.45, 7) is 2.73. The first-order valence-electron chi connectivity index (χ1n) is 8.15. The van der Waals surface area contributed by atoms with E-state index in [1.807, 2.05) is 38.4 Å². The van der Waals surface area contributed by atoms with Crippen LogP contribution in [0.15, 0.2) is 39.9 Å². The van der Waals surface area contributed by atoms with Crippen LogP contribution >= 0.6 is 0 Å². The van der Waals surface area contributed by atoms with Gasteiger partial charge in [0.25, 0.3) is 10.0 Å². The summed E-state index contributed by atoms with van der Waals surface area (Å²) in [7, 11) is 0.107. The van der Waals surface area contributed by atoms with Crippen LogP contribution in [0.5, 0.6) is 5.75 Å². The summed E-state index contributed by atoms with van der Waals surface area (Å²) >= 11 is 0. The fourth-order valence-electron chi connectivity index (χ4n) is 2.53. The number of nitrogens with zero attached hydrogens (tertiary/aromatic N) is 2. The van der Waals surface area contributed by atoms with Gasteiger partial charge in [0.1, 0.15) is 5.75 Å². The molecule has 2 rings (SSSR count). The van der Waals surface area contributed by atoms with Crippen LogP contribution in [-0.2, 0) is 21.4 Å². The van der Waals surface area contributed by atoms with Gasteiger partial charge in [0.15, 0.2) is 16.5 Å². The van der Waals surface area contributed by atoms with Gasteiger partial charge in [0.2, 0.25) is 0 Å². The Bertz CT molecular complexity index is 844. The van der Waals surface area contributed by atoms with Crippen molar-refractivity contribution in [3.63, 3.8) is 0 Å². The summed E-state index contributed by atoms with van der Waals surface area (Å²) in [6, 6.07) is 7.84. The van der Waals surface area contributed by atoms with Gasteiger partial charge in [0, 0.05) is 26.4 Å². The summed E-state index contributed by atoms with van der Waals surface area (Å²) < 4.78 is 31.6. The maximum absolute atomic E-state index is 11.8.